The molecule has 3 aliphatic rings. The van der Waals surface area contributed by atoms with Gasteiger partial charge >= 0.3 is 0 Å². The van der Waals surface area contributed by atoms with Crippen molar-refractivity contribution in [2.24, 2.45) is 0 Å². The Hall–Kier alpha value is -4.10. The maximum Gasteiger partial charge on any atom is 0.0543 e. The Morgan fingerprint density at radius 3 is 2.00 bits per heavy atom. The van der Waals surface area contributed by atoms with E-state index in [2.05, 4.69) is 157 Å². The van der Waals surface area contributed by atoms with Crippen LogP contribution in [0.5, 0.6) is 0 Å². The summed E-state index contributed by atoms with van der Waals surface area (Å²) >= 11 is 0. The second kappa shape index (κ2) is 11.5. The van der Waals surface area contributed by atoms with Gasteiger partial charge in [-0.1, -0.05) is 116 Å². The van der Waals surface area contributed by atoms with Crippen molar-refractivity contribution in [1.29, 1.82) is 0 Å². The molecule has 0 fully saturated rings. The zero-order valence-electron chi connectivity index (χ0n) is 31.0. The molecule has 0 aliphatic heterocycles. The molecule has 0 radical (unpaired) electrons. The lowest BCUT2D eigenvalue weighted by atomic mass is 9.60. The summed E-state index contributed by atoms with van der Waals surface area (Å²) in [4.78, 5) is 2.59. The van der Waals surface area contributed by atoms with Gasteiger partial charge in [-0.3, -0.25) is 0 Å². The van der Waals surface area contributed by atoms with Crippen LogP contribution in [0, 0.1) is 0 Å². The van der Waals surface area contributed by atoms with Gasteiger partial charge in [-0.05, 0) is 147 Å². The first-order valence-corrected chi connectivity index (χ1v) is 18.8. The quantitative estimate of drug-likeness (QED) is 0.184. The fourth-order valence-electron chi connectivity index (χ4n) is 9.53. The molecule has 0 amide bonds. The van der Waals surface area contributed by atoms with Crippen LogP contribution < -0.4 is 4.90 Å². The fourth-order valence-corrected chi connectivity index (χ4v) is 9.53. The van der Waals surface area contributed by atoms with E-state index in [1.807, 2.05) is 0 Å². The summed E-state index contributed by atoms with van der Waals surface area (Å²) in [5.41, 5.74) is 19.8. The van der Waals surface area contributed by atoms with Gasteiger partial charge in [-0.25, -0.2) is 0 Å². The van der Waals surface area contributed by atoms with E-state index in [4.69, 9.17) is 0 Å². The van der Waals surface area contributed by atoms with E-state index >= 15 is 0 Å². The Morgan fingerprint density at radius 1 is 0.551 bits per heavy atom. The van der Waals surface area contributed by atoms with Crippen LogP contribution in [0.25, 0.3) is 22.3 Å². The predicted octanol–water partition coefficient (Wildman–Crippen LogP) is 13.5. The van der Waals surface area contributed by atoms with E-state index in [1.165, 1.54) is 105 Å². The van der Waals surface area contributed by atoms with Gasteiger partial charge in [0.1, 0.15) is 0 Å². The number of aryl methyl sites for hydroxylation is 2. The lowest BCUT2D eigenvalue weighted by Crippen LogP contribution is -2.35. The third kappa shape index (κ3) is 5.10. The highest BCUT2D eigenvalue weighted by molar-refractivity contribution is 5.97. The smallest absolute Gasteiger partial charge is 0.0543 e. The summed E-state index contributed by atoms with van der Waals surface area (Å²) in [7, 11) is 0. The number of para-hydroxylation sites is 1. The summed E-state index contributed by atoms with van der Waals surface area (Å²) in [5, 5.41) is 0. The second-order valence-electron chi connectivity index (χ2n) is 17.3. The number of hydrogen-bond acceptors (Lipinski definition) is 1. The fraction of sp³-hybridized carbons (Fsp3) is 0.375. The van der Waals surface area contributed by atoms with Crippen molar-refractivity contribution in [2.45, 2.75) is 116 Å². The number of nitrogens with zero attached hydrogens (tertiary/aromatic N) is 1. The van der Waals surface area contributed by atoms with Gasteiger partial charge in [-0.2, -0.15) is 0 Å². The van der Waals surface area contributed by atoms with Crippen molar-refractivity contribution in [2.75, 3.05) is 4.90 Å². The molecular formula is C48H53N. The van der Waals surface area contributed by atoms with Gasteiger partial charge in [0, 0.05) is 22.4 Å². The van der Waals surface area contributed by atoms with Crippen LogP contribution in [0.4, 0.5) is 17.1 Å². The van der Waals surface area contributed by atoms with Crippen LogP contribution in [0.2, 0.25) is 0 Å². The van der Waals surface area contributed by atoms with E-state index in [0.29, 0.717) is 5.92 Å². The Morgan fingerprint density at radius 2 is 1.24 bits per heavy atom. The monoisotopic (exact) mass is 643 g/mol. The van der Waals surface area contributed by atoms with E-state index in [0.717, 1.165) is 6.42 Å². The molecule has 0 saturated carbocycles. The van der Waals surface area contributed by atoms with E-state index in [1.54, 1.807) is 5.56 Å². The van der Waals surface area contributed by atoms with E-state index in [9.17, 15) is 0 Å². The van der Waals surface area contributed by atoms with Crippen LogP contribution >= 0.6 is 0 Å². The van der Waals surface area contributed by atoms with Crippen molar-refractivity contribution in [3.05, 3.63) is 136 Å². The molecule has 0 aromatic heterocycles. The summed E-state index contributed by atoms with van der Waals surface area (Å²) < 4.78 is 0. The maximum absolute atomic E-state index is 2.60. The van der Waals surface area contributed by atoms with Gasteiger partial charge in [-0.15, -0.1) is 0 Å². The normalized spacial score (nSPS) is 18.0. The summed E-state index contributed by atoms with van der Waals surface area (Å²) in [6, 6.07) is 37.7. The molecule has 1 nitrogen and oxygen atoms in total. The lowest BCUT2D eigenvalue weighted by Gasteiger charge is -2.44. The highest BCUT2D eigenvalue weighted by Crippen LogP contribution is 2.57. The molecule has 3 aliphatic carbocycles. The van der Waals surface area contributed by atoms with Gasteiger partial charge in [0.2, 0.25) is 0 Å². The average molecular weight is 644 g/mol. The molecule has 1 heteroatoms. The molecule has 49 heavy (non-hydrogen) atoms. The summed E-state index contributed by atoms with van der Waals surface area (Å²) in [5.74, 6) is 0.389. The summed E-state index contributed by atoms with van der Waals surface area (Å²) in [6.07, 6.45) is 7.32. The second-order valence-corrected chi connectivity index (χ2v) is 17.3. The first-order valence-electron chi connectivity index (χ1n) is 18.8. The van der Waals surface area contributed by atoms with E-state index in [-0.39, 0.29) is 16.2 Å². The molecule has 0 atom stereocenters. The molecule has 0 unspecified atom stereocenters. The van der Waals surface area contributed by atoms with Crippen LogP contribution in [0.3, 0.4) is 0 Å². The number of anilines is 3. The van der Waals surface area contributed by atoms with Crippen LogP contribution in [-0.2, 0) is 29.1 Å². The zero-order chi connectivity index (χ0) is 34.3. The number of fused-ring (bicyclic) bond motifs is 5. The SMILES string of the molecule is CC(C)c1ccc2c(c1-c1cc3c(cc1N(c1ccccc1)c1ccc4c(c1)CCCC4)C(C)(C)c1ccccc1-3)C(C)(C)CCC2(C)C. The van der Waals surface area contributed by atoms with Gasteiger partial charge < -0.3 is 4.90 Å². The Labute approximate surface area is 295 Å². The van der Waals surface area contributed by atoms with Crippen LogP contribution in [-0.4, -0.2) is 0 Å². The highest BCUT2D eigenvalue weighted by Gasteiger charge is 2.42. The third-order valence-corrected chi connectivity index (χ3v) is 12.5. The number of hydrogen-bond donors (Lipinski definition) is 0. The van der Waals surface area contributed by atoms with Crippen LogP contribution in [0.1, 0.15) is 126 Å². The molecule has 0 spiro atoms. The van der Waals surface area contributed by atoms with E-state index < -0.39 is 0 Å². The Kier molecular flexibility index (Phi) is 7.52. The minimum absolute atomic E-state index is 0.0575. The Balaban J connectivity index is 1.52. The number of rotatable bonds is 5. The van der Waals surface area contributed by atoms with Gasteiger partial charge in [0.05, 0.1) is 5.69 Å². The maximum atomic E-state index is 2.60. The predicted molar refractivity (Wildman–Crippen MR) is 210 cm³/mol. The molecule has 0 N–H and O–H groups in total. The molecule has 0 bridgehead atoms. The molecule has 8 rings (SSSR count). The van der Waals surface area contributed by atoms with Crippen molar-refractivity contribution in [3.8, 4) is 22.3 Å². The minimum atomic E-state index is -0.102. The molecular weight excluding hydrogens is 591 g/mol. The average Bonchev–Trinajstić information content (AvgIpc) is 3.32. The van der Waals surface area contributed by atoms with Crippen molar-refractivity contribution < 1.29 is 0 Å². The first-order chi connectivity index (χ1) is 23.4. The van der Waals surface area contributed by atoms with Crippen molar-refractivity contribution in [1.82, 2.24) is 0 Å². The largest absolute Gasteiger partial charge is 0.310 e. The lowest BCUT2D eigenvalue weighted by molar-refractivity contribution is 0.332. The first kappa shape index (κ1) is 32.1. The van der Waals surface area contributed by atoms with Gasteiger partial charge in [0.15, 0.2) is 0 Å². The molecule has 0 saturated heterocycles. The van der Waals surface area contributed by atoms with Crippen molar-refractivity contribution in [3.63, 3.8) is 0 Å². The highest BCUT2D eigenvalue weighted by atomic mass is 15.1. The Bertz CT molecular complexity index is 2070. The molecule has 250 valence electrons. The van der Waals surface area contributed by atoms with Crippen molar-refractivity contribution >= 4 is 17.1 Å². The number of benzene rings is 5. The minimum Gasteiger partial charge on any atom is -0.310 e. The standard InChI is InChI=1S/C48H53N/c1-31(2)36-24-25-41-45(47(5,6)27-26-46(41,3)4)44(36)39-29-38-37-20-14-15-21-40(37)48(7,8)42(38)30-43(39)49(34-18-10-9-11-19-34)35-23-22-32-16-12-13-17-33(32)28-35/h9-11,14-15,18-25,28-31H,12-13,16-17,26-27H2,1-8H3. The third-order valence-electron chi connectivity index (χ3n) is 12.5. The molecule has 0 heterocycles. The topological polar surface area (TPSA) is 3.24 Å². The summed E-state index contributed by atoms with van der Waals surface area (Å²) in [6.45, 7) is 19.5. The van der Waals surface area contributed by atoms with Crippen LogP contribution in [0.15, 0.2) is 97.1 Å². The molecule has 5 aromatic rings. The molecule has 5 aromatic carbocycles. The zero-order valence-corrected chi connectivity index (χ0v) is 31.0. The van der Waals surface area contributed by atoms with Gasteiger partial charge in [0.25, 0.3) is 0 Å².